The number of nitrogens with one attached hydrogen (secondary N) is 1. The van der Waals surface area contributed by atoms with Crippen molar-refractivity contribution in [3.8, 4) is 0 Å². The van der Waals surface area contributed by atoms with Crippen molar-refractivity contribution < 1.29 is 0 Å². The highest BCUT2D eigenvalue weighted by Gasteiger charge is 2.60. The van der Waals surface area contributed by atoms with Gasteiger partial charge in [0.2, 0.25) is 0 Å². The summed E-state index contributed by atoms with van der Waals surface area (Å²) in [4.78, 5) is 2.57. The van der Waals surface area contributed by atoms with E-state index in [9.17, 15) is 0 Å². The van der Waals surface area contributed by atoms with E-state index in [4.69, 9.17) is 11.6 Å². The maximum absolute atomic E-state index is 6.25. The fourth-order valence-electron chi connectivity index (χ4n) is 5.77. The molecule has 3 heteroatoms. The molecule has 1 saturated heterocycles. The van der Waals surface area contributed by atoms with Crippen molar-refractivity contribution in [2.75, 3.05) is 20.1 Å². The van der Waals surface area contributed by atoms with Crippen molar-refractivity contribution in [1.82, 2.24) is 10.2 Å². The van der Waals surface area contributed by atoms with E-state index in [2.05, 4.69) is 107 Å². The Kier molecular flexibility index (Phi) is 47.3. The van der Waals surface area contributed by atoms with Gasteiger partial charge in [0, 0.05) is 12.6 Å². The fraction of sp³-hybridized carbons (Fsp3) is 1.00. The zero-order valence-electron chi connectivity index (χ0n) is 37.9. The highest BCUT2D eigenvalue weighted by molar-refractivity contribution is 6.26. The van der Waals surface area contributed by atoms with Gasteiger partial charge in [-0.05, 0) is 113 Å². The first-order valence-electron chi connectivity index (χ1n) is 21.3. The predicted octanol–water partition coefficient (Wildman–Crippen LogP) is 15.9. The molecular weight excluding hydrogens is 592 g/mol. The second-order valence-corrected chi connectivity index (χ2v) is 15.1. The Morgan fingerprint density at radius 1 is 0.638 bits per heavy atom. The summed E-state index contributed by atoms with van der Waals surface area (Å²) in [6.45, 7) is 49.8. The minimum Gasteiger partial charge on any atom is -0.301 e. The maximum atomic E-state index is 6.25. The Morgan fingerprint density at radius 2 is 0.979 bits per heavy atom. The standard InChI is InChI=1S/C9H17N.C9H18.C8H16ClN.C4H10.2C3H8.4C2H6/c1-8(2)10-6-5-9(7-10)3-4-9;1-4-9(5-6-9)7-8(2)3;1-4-6-7(5-2)8(6,9)10-3;1-4(2)3;2*1-3-2;4*1-2/h8H,3-7H2,1-2H3;8H,4-7H2,1-3H3;6-7,10H,4-5H2,1-3H3;4H,1-3H3;2*3H2,1-2H3;4*1-2H3. The number of hydrogen-bond donors (Lipinski definition) is 1. The van der Waals surface area contributed by atoms with E-state index >= 15 is 0 Å². The summed E-state index contributed by atoms with van der Waals surface area (Å²) in [5.74, 6) is 3.14. The number of alkyl halides is 1. The lowest BCUT2D eigenvalue weighted by atomic mass is 9.92. The molecule has 2 unspecified atom stereocenters. The van der Waals surface area contributed by atoms with Gasteiger partial charge in [-0.25, -0.2) is 0 Å². The summed E-state index contributed by atoms with van der Waals surface area (Å²) in [5.41, 5.74) is 1.64. The minimum absolute atomic E-state index is 0.0521. The van der Waals surface area contributed by atoms with Gasteiger partial charge in [-0.2, -0.15) is 0 Å². The van der Waals surface area contributed by atoms with Gasteiger partial charge in [-0.1, -0.05) is 158 Å². The molecule has 4 aliphatic rings. The largest absolute Gasteiger partial charge is 0.301 e. The Hall–Kier alpha value is 0.210. The zero-order valence-corrected chi connectivity index (χ0v) is 38.7. The van der Waals surface area contributed by atoms with Crippen LogP contribution in [0.5, 0.6) is 0 Å². The van der Waals surface area contributed by atoms with Crippen molar-refractivity contribution in [3.63, 3.8) is 0 Å². The van der Waals surface area contributed by atoms with Gasteiger partial charge in [-0.3, -0.25) is 0 Å². The fourth-order valence-corrected chi connectivity index (χ4v) is 6.32. The molecule has 3 saturated carbocycles. The van der Waals surface area contributed by atoms with Gasteiger partial charge in [0.15, 0.2) is 0 Å². The SMILES string of the molecule is CC.CC.CC.CC.CC(C)C.CC(C)N1CCC2(CC2)C1.CCC.CCC.CCC1(CC(C)C)CC1.CCC1C(CC)C1(Cl)NC. The monoisotopic (exact) mass is 693 g/mol. The number of halogens is 1. The Morgan fingerprint density at radius 3 is 1.09 bits per heavy atom. The molecule has 1 spiro atoms. The number of hydrogen-bond acceptors (Lipinski definition) is 2. The van der Waals surface area contributed by atoms with Crippen LogP contribution in [0.2, 0.25) is 0 Å². The smallest absolute Gasteiger partial charge is 0.0997 e. The first-order chi connectivity index (χ1) is 22.2. The van der Waals surface area contributed by atoms with E-state index in [1.54, 1.807) is 0 Å². The normalized spacial score (nSPS) is 22.5. The van der Waals surface area contributed by atoms with E-state index in [0.29, 0.717) is 11.8 Å². The van der Waals surface area contributed by atoms with Crippen molar-refractivity contribution in [2.24, 2.45) is 34.5 Å². The zero-order chi connectivity index (χ0) is 38.9. The van der Waals surface area contributed by atoms with Gasteiger partial charge >= 0.3 is 0 Å². The van der Waals surface area contributed by atoms with Crippen LogP contribution in [-0.2, 0) is 0 Å². The van der Waals surface area contributed by atoms with Crippen LogP contribution < -0.4 is 5.32 Å². The molecule has 4 fully saturated rings. The first kappa shape index (κ1) is 59.4. The third-order valence-electron chi connectivity index (χ3n) is 8.42. The van der Waals surface area contributed by atoms with E-state index < -0.39 is 0 Å². The van der Waals surface area contributed by atoms with Crippen LogP contribution >= 0.6 is 11.6 Å². The van der Waals surface area contributed by atoms with Gasteiger partial charge in [0.05, 0.1) is 5.00 Å². The van der Waals surface area contributed by atoms with Crippen LogP contribution in [0.3, 0.4) is 0 Å². The van der Waals surface area contributed by atoms with E-state index in [1.807, 2.05) is 62.4 Å². The lowest BCUT2D eigenvalue weighted by Gasteiger charge is -2.19. The highest BCUT2D eigenvalue weighted by Crippen LogP contribution is 2.57. The summed E-state index contributed by atoms with van der Waals surface area (Å²) in [6.07, 6.45) is 15.3. The molecule has 47 heavy (non-hydrogen) atoms. The molecule has 4 rings (SSSR count). The second-order valence-electron chi connectivity index (χ2n) is 14.5. The molecular formula is C44H101ClN2. The molecule has 2 atom stereocenters. The van der Waals surface area contributed by atoms with E-state index in [-0.39, 0.29) is 5.00 Å². The molecule has 0 amide bonds. The van der Waals surface area contributed by atoms with Gasteiger partial charge in [0.1, 0.15) is 0 Å². The molecule has 0 aromatic carbocycles. The van der Waals surface area contributed by atoms with Crippen LogP contribution in [0.15, 0.2) is 0 Å². The topological polar surface area (TPSA) is 15.3 Å². The molecule has 2 nitrogen and oxygen atoms in total. The summed E-state index contributed by atoms with van der Waals surface area (Å²) in [5, 5.41) is 3.18. The Balaban J connectivity index is -0.000000108. The quantitative estimate of drug-likeness (QED) is 0.211. The molecule has 1 aliphatic heterocycles. The minimum atomic E-state index is -0.0521. The second kappa shape index (κ2) is 37.5. The third kappa shape index (κ3) is 30.7. The van der Waals surface area contributed by atoms with Crippen LogP contribution in [0.25, 0.3) is 0 Å². The summed E-state index contributed by atoms with van der Waals surface area (Å²) < 4.78 is 0. The predicted molar refractivity (Wildman–Crippen MR) is 227 cm³/mol. The first-order valence-corrected chi connectivity index (χ1v) is 21.7. The van der Waals surface area contributed by atoms with Crippen molar-refractivity contribution in [3.05, 3.63) is 0 Å². The third-order valence-corrected chi connectivity index (χ3v) is 9.17. The van der Waals surface area contributed by atoms with Gasteiger partial charge in [0.25, 0.3) is 0 Å². The van der Waals surface area contributed by atoms with Crippen molar-refractivity contribution in [2.45, 2.75) is 234 Å². The molecule has 0 aromatic rings. The number of nitrogens with zero attached hydrogens (tertiary/aromatic N) is 1. The molecule has 3 aliphatic carbocycles. The molecule has 1 heterocycles. The Bertz CT molecular complexity index is 548. The molecule has 1 N–H and O–H groups in total. The maximum Gasteiger partial charge on any atom is 0.0997 e. The number of likely N-dealkylation sites (tertiary alicyclic amines) is 1. The van der Waals surface area contributed by atoms with Crippen LogP contribution in [0.1, 0.15) is 223 Å². The summed E-state index contributed by atoms with van der Waals surface area (Å²) >= 11 is 6.25. The van der Waals surface area contributed by atoms with Crippen molar-refractivity contribution in [1.29, 1.82) is 0 Å². The van der Waals surface area contributed by atoms with E-state index in [0.717, 1.165) is 28.7 Å². The van der Waals surface area contributed by atoms with Crippen LogP contribution in [0.4, 0.5) is 0 Å². The van der Waals surface area contributed by atoms with Crippen molar-refractivity contribution >= 4 is 11.6 Å². The Labute approximate surface area is 309 Å². The lowest BCUT2D eigenvalue weighted by molar-refractivity contribution is 0.262. The lowest BCUT2D eigenvalue weighted by Crippen LogP contribution is -2.28. The van der Waals surface area contributed by atoms with Crippen LogP contribution in [0, 0.1) is 34.5 Å². The van der Waals surface area contributed by atoms with E-state index in [1.165, 1.54) is 83.7 Å². The molecule has 0 radical (unpaired) electrons. The average Bonchev–Trinajstić information content (AvgIpc) is 4.01. The van der Waals surface area contributed by atoms with Gasteiger partial charge < -0.3 is 10.2 Å². The molecule has 0 aromatic heterocycles. The molecule has 294 valence electrons. The molecule has 0 bridgehead atoms. The average molecular weight is 694 g/mol. The van der Waals surface area contributed by atoms with Gasteiger partial charge in [-0.15, -0.1) is 11.6 Å². The number of rotatable bonds is 7. The van der Waals surface area contributed by atoms with Crippen LogP contribution in [-0.4, -0.2) is 36.1 Å². The summed E-state index contributed by atoms with van der Waals surface area (Å²) in [6, 6.07) is 0.778. The summed E-state index contributed by atoms with van der Waals surface area (Å²) in [7, 11) is 1.95. The highest BCUT2D eigenvalue weighted by atomic mass is 35.5.